The van der Waals surface area contributed by atoms with Crippen LogP contribution in [0.5, 0.6) is 0 Å². The molecule has 0 saturated heterocycles. The molecule has 0 heteroatoms. The van der Waals surface area contributed by atoms with Gasteiger partial charge in [0.25, 0.3) is 0 Å². The molecule has 24 heavy (non-hydrogen) atoms. The lowest BCUT2D eigenvalue weighted by atomic mass is 9.95. The maximum absolute atomic E-state index is 3.47. The lowest BCUT2D eigenvalue weighted by Gasteiger charge is -2.09. The highest BCUT2D eigenvalue weighted by Gasteiger charge is 2.20. The van der Waals surface area contributed by atoms with Crippen molar-refractivity contribution in [2.75, 3.05) is 0 Å². The highest BCUT2D eigenvalue weighted by molar-refractivity contribution is 5.79. The van der Waals surface area contributed by atoms with Crippen molar-refractivity contribution in [3.05, 3.63) is 59.2 Å². The van der Waals surface area contributed by atoms with E-state index in [9.17, 15) is 0 Å². The van der Waals surface area contributed by atoms with Crippen LogP contribution < -0.4 is 0 Å². The molecule has 1 aliphatic rings. The lowest BCUT2D eigenvalue weighted by Crippen LogP contribution is -1.92. The van der Waals surface area contributed by atoms with Gasteiger partial charge >= 0.3 is 0 Å². The van der Waals surface area contributed by atoms with E-state index in [0.29, 0.717) is 0 Å². The normalized spacial score (nSPS) is 12.2. The van der Waals surface area contributed by atoms with Gasteiger partial charge in [0, 0.05) is 0 Å². The monoisotopic (exact) mass is 319 g/mol. The Kier molecular flexibility index (Phi) is 6.52. The second kappa shape index (κ2) is 9.06. The molecule has 0 amide bonds. The zero-order valence-electron chi connectivity index (χ0n) is 15.2. The Labute approximate surface area is 148 Å². The lowest BCUT2D eigenvalue weighted by molar-refractivity contribution is 0.565. The van der Waals surface area contributed by atoms with Crippen molar-refractivity contribution >= 4 is 0 Å². The Balaban J connectivity index is 1.46. The molecule has 0 aromatic heterocycles. The minimum Gasteiger partial charge on any atom is -0.0654 e. The molecule has 0 N–H and O–H groups in total. The van der Waals surface area contributed by atoms with Gasteiger partial charge in [0.1, 0.15) is 0 Å². The maximum atomic E-state index is 3.47. The van der Waals surface area contributed by atoms with Crippen LogP contribution in [-0.4, -0.2) is 0 Å². The molecule has 2 aromatic rings. The number of benzene rings is 2. The van der Waals surface area contributed by atoms with E-state index in [-0.39, 0.29) is 0 Å². The summed E-state index contributed by atoms with van der Waals surface area (Å²) in [6, 6.07) is 16.8. The van der Waals surface area contributed by atoms with Gasteiger partial charge in [-0.1, -0.05) is 94.7 Å². The van der Waals surface area contributed by atoms with Crippen LogP contribution in [0.1, 0.15) is 81.4 Å². The quantitative estimate of drug-likeness (QED) is 0.349. The summed E-state index contributed by atoms with van der Waals surface area (Å²) in [6.07, 6.45) is 14.9. The average molecular weight is 320 g/mol. The van der Waals surface area contributed by atoms with Crippen LogP contribution in [0.25, 0.3) is 11.1 Å². The summed E-state index contributed by atoms with van der Waals surface area (Å²) >= 11 is 0. The number of fused-ring (bicyclic) bond motifs is 3. The molecule has 127 valence electrons. The van der Waals surface area contributed by atoms with Crippen molar-refractivity contribution in [3.63, 3.8) is 0 Å². The topological polar surface area (TPSA) is 0 Å². The second-order valence-electron chi connectivity index (χ2n) is 7.27. The molecule has 0 atom stereocenters. The molecule has 0 heterocycles. The molecule has 0 fully saturated rings. The minimum absolute atomic E-state index is 1.07. The molecule has 1 radical (unpaired) electrons. The summed E-state index contributed by atoms with van der Waals surface area (Å²) < 4.78 is 0. The van der Waals surface area contributed by atoms with E-state index in [2.05, 4.69) is 49.4 Å². The number of hydrogen-bond acceptors (Lipinski definition) is 0. The number of unbranched alkanes of at least 4 members (excludes halogenated alkanes) is 8. The van der Waals surface area contributed by atoms with Crippen molar-refractivity contribution < 1.29 is 0 Å². The third-order valence-corrected chi connectivity index (χ3v) is 5.37. The Morgan fingerprint density at radius 1 is 0.833 bits per heavy atom. The summed E-state index contributed by atoms with van der Waals surface area (Å²) in [5.74, 6) is 0. The van der Waals surface area contributed by atoms with Gasteiger partial charge in [-0.05, 0) is 53.1 Å². The molecular formula is C24H31. The molecule has 2 aromatic carbocycles. The van der Waals surface area contributed by atoms with E-state index < -0.39 is 0 Å². The van der Waals surface area contributed by atoms with E-state index >= 15 is 0 Å². The van der Waals surface area contributed by atoms with Gasteiger partial charge in [0.2, 0.25) is 0 Å². The third kappa shape index (κ3) is 4.29. The minimum atomic E-state index is 1.07. The molecule has 3 rings (SSSR count). The number of rotatable bonds is 10. The third-order valence-electron chi connectivity index (χ3n) is 5.37. The first kappa shape index (κ1) is 17.3. The van der Waals surface area contributed by atoms with Crippen molar-refractivity contribution in [2.45, 2.75) is 77.6 Å². The predicted molar refractivity (Wildman–Crippen MR) is 104 cm³/mol. The van der Waals surface area contributed by atoms with Crippen molar-refractivity contribution in [1.82, 2.24) is 0 Å². The summed E-state index contributed by atoms with van der Waals surface area (Å²) in [4.78, 5) is 0. The van der Waals surface area contributed by atoms with E-state index in [1.54, 1.807) is 0 Å². The van der Waals surface area contributed by atoms with Gasteiger partial charge in [-0.3, -0.25) is 0 Å². The highest BCUT2D eigenvalue weighted by Crippen LogP contribution is 2.39. The summed E-state index contributed by atoms with van der Waals surface area (Å²) in [5, 5.41) is 0. The van der Waals surface area contributed by atoms with E-state index in [4.69, 9.17) is 0 Å². The molecule has 1 aliphatic carbocycles. The Morgan fingerprint density at radius 2 is 1.54 bits per heavy atom. The molecule has 0 saturated carbocycles. The average Bonchev–Trinajstić information content (AvgIpc) is 2.99. The smallest absolute Gasteiger partial charge is 0.000718 e. The van der Waals surface area contributed by atoms with E-state index in [1.165, 1.54) is 92.0 Å². The first-order valence-electron chi connectivity index (χ1n) is 10.0. The van der Waals surface area contributed by atoms with Crippen LogP contribution in [-0.2, 0) is 12.8 Å². The maximum Gasteiger partial charge on any atom is -0.000718 e. The largest absolute Gasteiger partial charge is 0.0654 e. The van der Waals surface area contributed by atoms with Gasteiger partial charge < -0.3 is 0 Å². The first-order chi connectivity index (χ1) is 11.9. The highest BCUT2D eigenvalue weighted by atomic mass is 14.2. The van der Waals surface area contributed by atoms with Crippen LogP contribution >= 0.6 is 0 Å². The molecule has 0 nitrogen and oxygen atoms in total. The van der Waals surface area contributed by atoms with Crippen LogP contribution in [0, 0.1) is 6.07 Å². The summed E-state index contributed by atoms with van der Waals surface area (Å²) in [5.41, 5.74) is 7.37. The fourth-order valence-corrected chi connectivity index (χ4v) is 4.01. The zero-order valence-corrected chi connectivity index (χ0v) is 15.2. The van der Waals surface area contributed by atoms with Gasteiger partial charge in [-0.2, -0.15) is 0 Å². The van der Waals surface area contributed by atoms with Crippen LogP contribution in [0.3, 0.4) is 0 Å². The zero-order chi connectivity index (χ0) is 16.6. The van der Waals surface area contributed by atoms with E-state index in [0.717, 1.165) is 6.42 Å². The SMILES string of the molecule is CCCCCCCCCCCc1cc[c]c2c1-c1ccccc1C2. The van der Waals surface area contributed by atoms with Crippen molar-refractivity contribution in [3.8, 4) is 11.1 Å². The predicted octanol–water partition coefficient (Wildman–Crippen LogP) is 7.13. The van der Waals surface area contributed by atoms with Crippen molar-refractivity contribution in [1.29, 1.82) is 0 Å². The molecular weight excluding hydrogens is 288 g/mol. The fraction of sp³-hybridized carbons (Fsp3) is 0.500. The van der Waals surface area contributed by atoms with Crippen LogP contribution in [0.15, 0.2) is 36.4 Å². The number of hydrogen-bond donors (Lipinski definition) is 0. The van der Waals surface area contributed by atoms with E-state index in [1.807, 2.05) is 0 Å². The molecule has 0 spiro atoms. The Hall–Kier alpha value is -1.56. The first-order valence-corrected chi connectivity index (χ1v) is 10.0. The summed E-state index contributed by atoms with van der Waals surface area (Å²) in [7, 11) is 0. The van der Waals surface area contributed by atoms with Gasteiger partial charge in [-0.25, -0.2) is 0 Å². The Morgan fingerprint density at radius 3 is 2.33 bits per heavy atom. The molecule has 0 bridgehead atoms. The fourth-order valence-electron chi connectivity index (χ4n) is 4.01. The van der Waals surface area contributed by atoms with Gasteiger partial charge in [0.15, 0.2) is 0 Å². The van der Waals surface area contributed by atoms with Gasteiger partial charge in [-0.15, -0.1) is 0 Å². The van der Waals surface area contributed by atoms with Crippen LogP contribution in [0.2, 0.25) is 0 Å². The molecule has 0 aliphatic heterocycles. The second-order valence-corrected chi connectivity index (χ2v) is 7.27. The molecule has 0 unspecified atom stereocenters. The Bertz CT molecular complexity index is 638. The van der Waals surface area contributed by atoms with Crippen molar-refractivity contribution in [2.24, 2.45) is 0 Å². The van der Waals surface area contributed by atoms with Crippen LogP contribution in [0.4, 0.5) is 0 Å². The standard InChI is InChI=1S/C24H31/c1-2-3-4-5-6-7-8-9-10-14-20-16-13-17-22-19-21-15-11-12-18-23(21)24(20)22/h11-13,15-16,18H,2-10,14,19H2,1H3. The van der Waals surface area contributed by atoms with Gasteiger partial charge in [0.05, 0.1) is 0 Å². The summed E-state index contributed by atoms with van der Waals surface area (Å²) in [6.45, 7) is 2.29. The number of aryl methyl sites for hydroxylation is 1.